The van der Waals surface area contributed by atoms with Crippen molar-refractivity contribution in [3.63, 3.8) is 0 Å². The summed E-state index contributed by atoms with van der Waals surface area (Å²) in [5.41, 5.74) is -0.113. The number of rotatable bonds is 6. The van der Waals surface area contributed by atoms with E-state index in [-0.39, 0.29) is 4.90 Å². The van der Waals surface area contributed by atoms with Gasteiger partial charge in [0, 0.05) is 11.4 Å². The van der Waals surface area contributed by atoms with E-state index in [1.54, 1.807) is 13.8 Å². The van der Waals surface area contributed by atoms with Crippen LogP contribution in [0.2, 0.25) is 0 Å². The van der Waals surface area contributed by atoms with Gasteiger partial charge in [-0.1, -0.05) is 13.0 Å². The summed E-state index contributed by atoms with van der Waals surface area (Å²) in [5, 5.41) is 0. The summed E-state index contributed by atoms with van der Waals surface area (Å²) in [4.78, 5) is -0.0262. The minimum Gasteiger partial charge on any atom is -0.207 e. The zero-order valence-electron chi connectivity index (χ0n) is 11.3. The van der Waals surface area contributed by atoms with Crippen LogP contribution in [0.4, 0.5) is 4.39 Å². The molecule has 19 heavy (non-hydrogen) atoms. The van der Waals surface area contributed by atoms with Gasteiger partial charge >= 0.3 is 0 Å². The van der Waals surface area contributed by atoms with Crippen LogP contribution < -0.4 is 4.72 Å². The number of hydrogen-bond acceptors (Lipinski definition) is 2. The highest BCUT2D eigenvalue weighted by molar-refractivity contribution is 7.89. The Morgan fingerprint density at radius 3 is 2.58 bits per heavy atom. The van der Waals surface area contributed by atoms with Crippen LogP contribution in [0.3, 0.4) is 0 Å². The molecular weight excluding hydrogens is 289 g/mol. The van der Waals surface area contributed by atoms with E-state index in [1.807, 2.05) is 6.92 Å². The number of sulfonamides is 1. The maximum absolute atomic E-state index is 13.2. The minimum atomic E-state index is -3.75. The molecule has 1 aromatic rings. The fraction of sp³-hybridized carbons (Fsp3) is 0.538. The van der Waals surface area contributed by atoms with Crippen LogP contribution in [-0.4, -0.2) is 19.8 Å². The molecule has 0 aliphatic rings. The third kappa shape index (κ3) is 4.16. The van der Waals surface area contributed by atoms with Gasteiger partial charge in [-0.25, -0.2) is 17.5 Å². The van der Waals surface area contributed by atoms with Gasteiger partial charge in [0.2, 0.25) is 10.0 Å². The SMILES string of the molecule is CCC(C)(CCCl)NS(=O)(=O)c1cc(F)ccc1C. The van der Waals surface area contributed by atoms with Crippen LogP contribution in [0.25, 0.3) is 0 Å². The van der Waals surface area contributed by atoms with Gasteiger partial charge in [-0.05, 0) is 44.4 Å². The van der Waals surface area contributed by atoms with Gasteiger partial charge in [0.15, 0.2) is 0 Å². The molecule has 1 N–H and O–H groups in total. The molecule has 0 fully saturated rings. The van der Waals surface area contributed by atoms with Crippen LogP contribution >= 0.6 is 11.6 Å². The van der Waals surface area contributed by atoms with Crippen LogP contribution in [-0.2, 0) is 10.0 Å². The molecule has 0 amide bonds. The first kappa shape index (κ1) is 16.4. The average Bonchev–Trinajstić information content (AvgIpc) is 2.31. The lowest BCUT2D eigenvalue weighted by molar-refractivity contribution is 0.390. The fourth-order valence-electron chi connectivity index (χ4n) is 1.75. The van der Waals surface area contributed by atoms with Crippen molar-refractivity contribution in [2.45, 2.75) is 44.0 Å². The average molecular weight is 308 g/mol. The van der Waals surface area contributed by atoms with Crippen molar-refractivity contribution in [1.29, 1.82) is 0 Å². The molecule has 0 bridgehead atoms. The molecule has 1 atom stereocenters. The standard InChI is InChI=1S/C13H19ClFNO2S/c1-4-13(3,7-8-14)16-19(17,18)12-9-11(15)6-5-10(12)2/h5-6,9,16H,4,7-8H2,1-3H3. The first-order valence-corrected chi connectivity index (χ1v) is 8.12. The topological polar surface area (TPSA) is 46.2 Å². The van der Waals surface area contributed by atoms with Crippen molar-refractivity contribution >= 4 is 21.6 Å². The lowest BCUT2D eigenvalue weighted by Gasteiger charge is -2.28. The van der Waals surface area contributed by atoms with E-state index in [1.165, 1.54) is 12.1 Å². The molecule has 0 aliphatic carbocycles. The molecule has 6 heteroatoms. The van der Waals surface area contributed by atoms with E-state index in [0.29, 0.717) is 24.3 Å². The van der Waals surface area contributed by atoms with Gasteiger partial charge < -0.3 is 0 Å². The van der Waals surface area contributed by atoms with E-state index in [0.717, 1.165) is 6.07 Å². The van der Waals surface area contributed by atoms with Crippen molar-refractivity contribution in [2.75, 3.05) is 5.88 Å². The van der Waals surface area contributed by atoms with Crippen molar-refractivity contribution in [2.24, 2.45) is 0 Å². The molecule has 1 aromatic carbocycles. The normalized spacial score (nSPS) is 15.2. The summed E-state index contributed by atoms with van der Waals surface area (Å²) in [5.74, 6) is -0.212. The molecular formula is C13H19ClFNO2S. The summed E-state index contributed by atoms with van der Waals surface area (Å²) in [7, 11) is -3.75. The Morgan fingerprint density at radius 1 is 1.42 bits per heavy atom. The van der Waals surface area contributed by atoms with Gasteiger partial charge in [0.05, 0.1) is 4.90 Å². The first-order chi connectivity index (χ1) is 8.74. The summed E-state index contributed by atoms with van der Waals surface area (Å²) in [6.07, 6.45) is 1.12. The monoisotopic (exact) mass is 307 g/mol. The third-order valence-electron chi connectivity index (χ3n) is 3.25. The Morgan fingerprint density at radius 2 is 2.05 bits per heavy atom. The molecule has 0 saturated carbocycles. The van der Waals surface area contributed by atoms with Gasteiger partial charge in [0.1, 0.15) is 5.82 Å². The summed E-state index contributed by atoms with van der Waals surface area (Å²) in [6.45, 7) is 5.31. The maximum atomic E-state index is 13.2. The van der Waals surface area contributed by atoms with Crippen molar-refractivity contribution < 1.29 is 12.8 Å². The minimum absolute atomic E-state index is 0.0262. The molecule has 0 heterocycles. The van der Waals surface area contributed by atoms with E-state index >= 15 is 0 Å². The van der Waals surface area contributed by atoms with E-state index < -0.39 is 21.4 Å². The van der Waals surface area contributed by atoms with Crippen molar-refractivity contribution in [3.8, 4) is 0 Å². The number of hydrogen-bond donors (Lipinski definition) is 1. The number of alkyl halides is 1. The first-order valence-electron chi connectivity index (χ1n) is 6.10. The van der Waals surface area contributed by atoms with Gasteiger partial charge in [-0.3, -0.25) is 0 Å². The highest BCUT2D eigenvalue weighted by Gasteiger charge is 2.29. The lowest BCUT2D eigenvalue weighted by atomic mass is 9.97. The molecule has 0 spiro atoms. The number of halogens is 2. The summed E-state index contributed by atoms with van der Waals surface area (Å²) < 4.78 is 40.5. The van der Waals surface area contributed by atoms with Gasteiger partial charge in [0.25, 0.3) is 0 Å². The highest BCUT2D eigenvalue weighted by Crippen LogP contribution is 2.22. The quantitative estimate of drug-likeness (QED) is 0.820. The van der Waals surface area contributed by atoms with Crippen LogP contribution in [0.5, 0.6) is 0 Å². The van der Waals surface area contributed by atoms with E-state index in [2.05, 4.69) is 4.72 Å². The Hall–Kier alpha value is -0.650. The molecule has 1 unspecified atom stereocenters. The molecule has 0 saturated heterocycles. The van der Waals surface area contributed by atoms with Gasteiger partial charge in [-0.2, -0.15) is 0 Å². The van der Waals surface area contributed by atoms with Crippen LogP contribution in [0, 0.1) is 12.7 Å². The second-order valence-corrected chi connectivity index (χ2v) is 6.90. The largest absolute Gasteiger partial charge is 0.241 e. The van der Waals surface area contributed by atoms with Crippen molar-refractivity contribution in [3.05, 3.63) is 29.6 Å². The summed E-state index contributed by atoms with van der Waals surface area (Å²) >= 11 is 5.70. The predicted molar refractivity (Wildman–Crippen MR) is 75.5 cm³/mol. The fourth-order valence-corrected chi connectivity index (χ4v) is 3.93. The number of nitrogens with one attached hydrogen (secondary N) is 1. The maximum Gasteiger partial charge on any atom is 0.241 e. The third-order valence-corrected chi connectivity index (χ3v) is 5.22. The lowest BCUT2D eigenvalue weighted by Crippen LogP contribution is -2.45. The number of aryl methyl sites for hydroxylation is 1. The Labute approximate surface area is 119 Å². The molecule has 0 radical (unpaired) electrons. The van der Waals surface area contributed by atoms with Crippen molar-refractivity contribution in [1.82, 2.24) is 4.72 Å². The highest BCUT2D eigenvalue weighted by atomic mass is 35.5. The molecule has 3 nitrogen and oxygen atoms in total. The Bertz CT molecular complexity index is 548. The van der Waals surface area contributed by atoms with Crippen LogP contribution in [0.15, 0.2) is 23.1 Å². The number of benzene rings is 1. The van der Waals surface area contributed by atoms with Crippen LogP contribution in [0.1, 0.15) is 32.3 Å². The Kier molecular flexibility index (Phi) is 5.35. The second-order valence-electron chi connectivity index (χ2n) is 4.87. The molecule has 108 valence electrons. The molecule has 0 aromatic heterocycles. The Balaban J connectivity index is 3.14. The van der Waals surface area contributed by atoms with E-state index in [9.17, 15) is 12.8 Å². The van der Waals surface area contributed by atoms with Gasteiger partial charge in [-0.15, -0.1) is 11.6 Å². The molecule has 0 aliphatic heterocycles. The molecule has 1 rings (SSSR count). The second kappa shape index (κ2) is 6.20. The smallest absolute Gasteiger partial charge is 0.207 e. The van der Waals surface area contributed by atoms with E-state index in [4.69, 9.17) is 11.6 Å². The zero-order valence-corrected chi connectivity index (χ0v) is 12.9. The zero-order chi connectivity index (χ0) is 14.7. The summed E-state index contributed by atoms with van der Waals surface area (Å²) in [6, 6.07) is 3.73. The predicted octanol–water partition coefficient (Wildman–Crippen LogP) is 3.21.